The third-order valence-electron chi connectivity index (χ3n) is 3.85. The Morgan fingerprint density at radius 3 is 2.84 bits per heavy atom. The van der Waals surface area contributed by atoms with Crippen molar-refractivity contribution in [2.45, 2.75) is 31.5 Å². The quantitative estimate of drug-likeness (QED) is 0.632. The number of hydrogen-bond donors (Lipinski definition) is 2. The molecule has 0 aliphatic rings. The van der Waals surface area contributed by atoms with Gasteiger partial charge in [0.1, 0.15) is 0 Å². The third kappa shape index (κ3) is 4.52. The van der Waals surface area contributed by atoms with Crippen molar-refractivity contribution < 1.29 is 4.79 Å². The minimum absolute atomic E-state index is 0.0184. The summed E-state index contributed by atoms with van der Waals surface area (Å²) in [6.45, 7) is 4.11. The summed E-state index contributed by atoms with van der Waals surface area (Å²) in [5.41, 5.74) is 3.69. The smallest absolute Gasteiger partial charge is 0.230 e. The number of imidazole rings is 1. The molecule has 3 rings (SSSR count). The number of rotatable bonds is 6. The molecule has 2 N–H and O–H groups in total. The Morgan fingerprint density at radius 1 is 1.36 bits per heavy atom. The Morgan fingerprint density at radius 2 is 2.12 bits per heavy atom. The monoisotopic (exact) mass is 374 g/mol. The van der Waals surface area contributed by atoms with Crippen molar-refractivity contribution in [3.63, 3.8) is 0 Å². The van der Waals surface area contributed by atoms with Crippen LogP contribution < -0.4 is 5.32 Å². The Labute approximate surface area is 155 Å². The van der Waals surface area contributed by atoms with Crippen molar-refractivity contribution in [3.8, 4) is 0 Å². The van der Waals surface area contributed by atoms with Crippen LogP contribution in [-0.2, 0) is 4.79 Å². The van der Waals surface area contributed by atoms with Crippen molar-refractivity contribution in [1.82, 2.24) is 20.3 Å². The highest BCUT2D eigenvalue weighted by atomic mass is 35.5. The van der Waals surface area contributed by atoms with Crippen LogP contribution in [0.5, 0.6) is 0 Å². The highest BCUT2D eigenvalue weighted by molar-refractivity contribution is 7.99. The number of aromatic nitrogens is 3. The molecule has 0 unspecified atom stereocenters. The normalized spacial score (nSPS) is 12.3. The summed E-state index contributed by atoms with van der Waals surface area (Å²) in [5, 5.41) is 4.28. The van der Waals surface area contributed by atoms with Crippen LogP contribution in [0.1, 0.15) is 30.5 Å². The highest BCUT2D eigenvalue weighted by Crippen LogP contribution is 2.21. The lowest BCUT2D eigenvalue weighted by molar-refractivity contribution is -0.119. The first-order chi connectivity index (χ1) is 12.0. The van der Waals surface area contributed by atoms with E-state index in [1.807, 2.05) is 0 Å². The Kier molecular flexibility index (Phi) is 5.60. The molecule has 2 aromatic heterocycles. The molecule has 0 saturated carbocycles. The molecular weight excluding hydrogens is 356 g/mol. The zero-order valence-electron chi connectivity index (χ0n) is 14.0. The summed E-state index contributed by atoms with van der Waals surface area (Å²) < 4.78 is 0. The Balaban J connectivity index is 1.60. The molecule has 2 heterocycles. The van der Waals surface area contributed by atoms with Gasteiger partial charge in [0.05, 0.1) is 22.3 Å². The molecule has 130 valence electrons. The van der Waals surface area contributed by atoms with Gasteiger partial charge in [0.25, 0.3) is 0 Å². The SMILES string of the molecule is CC[C@@H](NC(=O)CSc1nc2ncc(Cl)cc2[nH]1)c1ccc(C)cc1. The van der Waals surface area contributed by atoms with Gasteiger partial charge in [-0.15, -0.1) is 0 Å². The van der Waals surface area contributed by atoms with E-state index in [2.05, 4.69) is 58.4 Å². The van der Waals surface area contributed by atoms with E-state index in [0.717, 1.165) is 17.5 Å². The largest absolute Gasteiger partial charge is 0.349 e. The molecule has 0 spiro atoms. The lowest BCUT2D eigenvalue weighted by atomic mass is 10.0. The molecule has 0 saturated heterocycles. The van der Waals surface area contributed by atoms with Crippen LogP contribution >= 0.6 is 23.4 Å². The van der Waals surface area contributed by atoms with Gasteiger partial charge in [0.15, 0.2) is 10.8 Å². The molecular formula is C18H19ClN4OS. The van der Waals surface area contributed by atoms with E-state index in [4.69, 9.17) is 11.6 Å². The van der Waals surface area contributed by atoms with Crippen LogP contribution in [0.25, 0.3) is 11.2 Å². The van der Waals surface area contributed by atoms with E-state index in [1.165, 1.54) is 17.3 Å². The summed E-state index contributed by atoms with van der Waals surface area (Å²) in [7, 11) is 0. The van der Waals surface area contributed by atoms with Gasteiger partial charge in [0, 0.05) is 6.20 Å². The van der Waals surface area contributed by atoms with Crippen LogP contribution in [-0.4, -0.2) is 26.6 Å². The average molecular weight is 375 g/mol. The molecule has 25 heavy (non-hydrogen) atoms. The zero-order chi connectivity index (χ0) is 17.8. The maximum absolute atomic E-state index is 12.3. The number of fused-ring (bicyclic) bond motifs is 1. The van der Waals surface area contributed by atoms with Crippen molar-refractivity contribution in [3.05, 3.63) is 52.7 Å². The van der Waals surface area contributed by atoms with Crippen molar-refractivity contribution in [1.29, 1.82) is 0 Å². The van der Waals surface area contributed by atoms with E-state index in [1.54, 1.807) is 12.3 Å². The summed E-state index contributed by atoms with van der Waals surface area (Å²) >= 11 is 7.26. The number of carbonyl (C=O) groups is 1. The number of nitrogens with zero attached hydrogens (tertiary/aromatic N) is 2. The standard InChI is InChI=1S/C18H19ClN4OS/c1-3-14(12-6-4-11(2)5-7-12)21-16(24)10-25-18-22-15-8-13(19)9-20-17(15)23-18/h4-9,14H,3,10H2,1-2H3,(H,21,24)(H,20,22,23)/t14-/m1/s1. The van der Waals surface area contributed by atoms with Crippen LogP contribution in [0.15, 0.2) is 41.7 Å². The van der Waals surface area contributed by atoms with E-state index in [9.17, 15) is 4.79 Å². The van der Waals surface area contributed by atoms with Gasteiger partial charge in [-0.2, -0.15) is 0 Å². The van der Waals surface area contributed by atoms with Gasteiger partial charge in [-0.1, -0.05) is 60.1 Å². The lowest BCUT2D eigenvalue weighted by Crippen LogP contribution is -2.29. The van der Waals surface area contributed by atoms with Gasteiger partial charge < -0.3 is 10.3 Å². The lowest BCUT2D eigenvalue weighted by Gasteiger charge is -2.17. The molecule has 0 aliphatic carbocycles. The van der Waals surface area contributed by atoms with Gasteiger partial charge in [-0.05, 0) is 25.0 Å². The Bertz CT molecular complexity index is 878. The van der Waals surface area contributed by atoms with Crippen LogP contribution in [0.4, 0.5) is 0 Å². The first kappa shape index (κ1) is 17.8. The van der Waals surface area contributed by atoms with Crippen LogP contribution in [0.2, 0.25) is 5.02 Å². The minimum Gasteiger partial charge on any atom is -0.349 e. The number of benzene rings is 1. The number of thioether (sulfide) groups is 1. The van der Waals surface area contributed by atoms with Gasteiger partial charge in [-0.25, -0.2) is 9.97 Å². The number of pyridine rings is 1. The second kappa shape index (κ2) is 7.89. The number of aryl methyl sites for hydroxylation is 1. The van der Waals surface area contributed by atoms with Crippen LogP contribution in [0, 0.1) is 6.92 Å². The topological polar surface area (TPSA) is 70.7 Å². The summed E-state index contributed by atoms with van der Waals surface area (Å²) in [6, 6.07) is 10.0. The summed E-state index contributed by atoms with van der Waals surface area (Å²) in [4.78, 5) is 23.9. The first-order valence-electron chi connectivity index (χ1n) is 8.05. The second-order valence-electron chi connectivity index (χ2n) is 5.79. The summed E-state index contributed by atoms with van der Waals surface area (Å²) in [5.74, 6) is 0.263. The Hall–Kier alpha value is -2.05. The predicted molar refractivity (Wildman–Crippen MR) is 102 cm³/mol. The summed E-state index contributed by atoms with van der Waals surface area (Å²) in [6.07, 6.45) is 2.39. The molecule has 0 radical (unpaired) electrons. The number of halogens is 1. The van der Waals surface area contributed by atoms with Gasteiger partial charge in [-0.3, -0.25) is 4.79 Å². The van der Waals surface area contributed by atoms with E-state index in [-0.39, 0.29) is 17.7 Å². The molecule has 7 heteroatoms. The van der Waals surface area contributed by atoms with E-state index >= 15 is 0 Å². The molecule has 3 aromatic rings. The maximum Gasteiger partial charge on any atom is 0.230 e. The molecule has 1 aromatic carbocycles. The predicted octanol–water partition coefficient (Wildman–Crippen LogP) is 4.28. The van der Waals surface area contributed by atoms with Crippen molar-refractivity contribution in [2.24, 2.45) is 0 Å². The fraction of sp³-hybridized carbons (Fsp3) is 0.278. The number of H-pyrrole nitrogens is 1. The third-order valence-corrected chi connectivity index (χ3v) is 4.93. The van der Waals surface area contributed by atoms with Crippen molar-refractivity contribution in [2.75, 3.05) is 5.75 Å². The fourth-order valence-corrected chi connectivity index (χ4v) is 3.35. The van der Waals surface area contributed by atoms with Crippen LogP contribution in [0.3, 0.4) is 0 Å². The average Bonchev–Trinajstić information content (AvgIpc) is 3.00. The van der Waals surface area contributed by atoms with Crippen molar-refractivity contribution >= 4 is 40.4 Å². The first-order valence-corrected chi connectivity index (χ1v) is 9.41. The van der Waals surface area contributed by atoms with E-state index in [0.29, 0.717) is 15.8 Å². The molecule has 1 amide bonds. The van der Waals surface area contributed by atoms with E-state index < -0.39 is 0 Å². The van der Waals surface area contributed by atoms with Gasteiger partial charge >= 0.3 is 0 Å². The zero-order valence-corrected chi connectivity index (χ0v) is 15.6. The maximum atomic E-state index is 12.3. The molecule has 0 fully saturated rings. The number of carbonyl (C=O) groups excluding carboxylic acids is 1. The molecule has 5 nitrogen and oxygen atoms in total. The molecule has 1 atom stereocenters. The number of nitrogens with one attached hydrogen (secondary N) is 2. The molecule has 0 aliphatic heterocycles. The number of aromatic amines is 1. The highest BCUT2D eigenvalue weighted by Gasteiger charge is 2.14. The second-order valence-corrected chi connectivity index (χ2v) is 7.19. The minimum atomic E-state index is -0.0242. The number of hydrogen-bond acceptors (Lipinski definition) is 4. The van der Waals surface area contributed by atoms with Gasteiger partial charge in [0.2, 0.25) is 5.91 Å². The number of amides is 1. The molecule has 0 bridgehead atoms. The fourth-order valence-electron chi connectivity index (χ4n) is 2.51.